The highest BCUT2D eigenvalue weighted by Crippen LogP contribution is 2.21. The van der Waals surface area contributed by atoms with Crippen molar-refractivity contribution in [2.45, 2.75) is 0 Å². The topological polar surface area (TPSA) is 54.9 Å². The Balaban J connectivity index is 0.00000162. The first kappa shape index (κ1) is 14.7. The van der Waals surface area contributed by atoms with Gasteiger partial charge < -0.3 is 5.32 Å². The fraction of sp³-hybridized carbons (Fsp3) is 0. The summed E-state index contributed by atoms with van der Waals surface area (Å²) in [6.45, 7) is 0. The van der Waals surface area contributed by atoms with Crippen LogP contribution in [0.15, 0.2) is 36.9 Å². The predicted molar refractivity (Wildman–Crippen MR) is 73.7 cm³/mol. The van der Waals surface area contributed by atoms with Gasteiger partial charge in [0.15, 0.2) is 0 Å². The van der Waals surface area contributed by atoms with Crippen LogP contribution in [0.4, 0.5) is 5.69 Å². The van der Waals surface area contributed by atoms with Crippen LogP contribution in [-0.2, 0) is 0 Å². The van der Waals surface area contributed by atoms with E-state index < -0.39 is 0 Å². The number of anilines is 1. The lowest BCUT2D eigenvalue weighted by atomic mass is 10.2. The highest BCUT2D eigenvalue weighted by molar-refractivity contribution is 6.37. The molecule has 0 radical (unpaired) electrons. The molecule has 1 N–H and O–H groups in total. The number of nitrogens with one attached hydrogen (secondary N) is 1. The summed E-state index contributed by atoms with van der Waals surface area (Å²) >= 11 is 11.7. The zero-order valence-corrected chi connectivity index (χ0v) is 11.3. The van der Waals surface area contributed by atoms with Gasteiger partial charge in [-0.2, -0.15) is 0 Å². The average molecular weight is 305 g/mol. The third-order valence-electron chi connectivity index (χ3n) is 1.99. The minimum absolute atomic E-state index is 0. The number of aromatic nitrogens is 2. The standard InChI is InChI=1S/C11H7Cl2N3O.ClH/c12-7-1-2-9(10(13)3-7)11(17)16-8-4-14-6-15-5-8;/h1-6H,(H,16,17);1H. The van der Waals surface area contributed by atoms with E-state index in [9.17, 15) is 4.79 Å². The first-order valence-corrected chi connectivity index (χ1v) is 5.44. The van der Waals surface area contributed by atoms with E-state index in [0.29, 0.717) is 21.3 Å². The van der Waals surface area contributed by atoms with Gasteiger partial charge in [0.2, 0.25) is 0 Å². The Kier molecular flexibility index (Phi) is 5.34. The Morgan fingerprint density at radius 1 is 1.17 bits per heavy atom. The van der Waals surface area contributed by atoms with E-state index >= 15 is 0 Å². The first-order chi connectivity index (χ1) is 8.16. The third kappa shape index (κ3) is 3.57. The van der Waals surface area contributed by atoms with Crippen LogP contribution in [0, 0.1) is 0 Å². The summed E-state index contributed by atoms with van der Waals surface area (Å²) in [6, 6.07) is 4.67. The molecule has 94 valence electrons. The number of halogens is 3. The van der Waals surface area contributed by atoms with Gasteiger partial charge in [-0.25, -0.2) is 9.97 Å². The SMILES string of the molecule is Cl.O=C(Nc1cncnc1)c1ccc(Cl)cc1Cl. The molecule has 1 amide bonds. The van der Waals surface area contributed by atoms with Crippen LogP contribution in [0.25, 0.3) is 0 Å². The zero-order valence-electron chi connectivity index (χ0n) is 8.93. The summed E-state index contributed by atoms with van der Waals surface area (Å²) in [6.07, 6.45) is 4.37. The van der Waals surface area contributed by atoms with Crippen molar-refractivity contribution in [3.05, 3.63) is 52.5 Å². The van der Waals surface area contributed by atoms with Gasteiger partial charge in [0.1, 0.15) is 6.33 Å². The molecule has 1 heterocycles. The lowest BCUT2D eigenvalue weighted by molar-refractivity contribution is 0.102. The summed E-state index contributed by atoms with van der Waals surface area (Å²) in [5.74, 6) is -0.332. The summed E-state index contributed by atoms with van der Waals surface area (Å²) in [7, 11) is 0. The molecule has 0 fully saturated rings. The van der Waals surface area contributed by atoms with Crippen LogP contribution in [-0.4, -0.2) is 15.9 Å². The summed E-state index contributed by atoms with van der Waals surface area (Å²) in [5, 5.41) is 3.41. The van der Waals surface area contributed by atoms with E-state index in [1.54, 1.807) is 12.1 Å². The molecule has 18 heavy (non-hydrogen) atoms. The number of carbonyl (C=O) groups excluding carboxylic acids is 1. The molecule has 0 unspecified atom stereocenters. The summed E-state index contributed by atoms with van der Waals surface area (Å²) < 4.78 is 0. The number of benzene rings is 1. The number of amides is 1. The van der Waals surface area contributed by atoms with Crippen molar-refractivity contribution in [2.24, 2.45) is 0 Å². The molecule has 0 aliphatic rings. The second kappa shape index (κ2) is 6.54. The molecule has 0 saturated carbocycles. The van der Waals surface area contributed by atoms with E-state index in [2.05, 4.69) is 15.3 Å². The van der Waals surface area contributed by atoms with Gasteiger partial charge >= 0.3 is 0 Å². The number of carbonyl (C=O) groups is 1. The molecule has 0 atom stereocenters. The molecule has 0 bridgehead atoms. The van der Waals surface area contributed by atoms with E-state index in [0.717, 1.165) is 0 Å². The van der Waals surface area contributed by atoms with Gasteiger partial charge in [0, 0.05) is 5.02 Å². The predicted octanol–water partition coefficient (Wildman–Crippen LogP) is 3.46. The Hall–Kier alpha value is -1.36. The minimum Gasteiger partial charge on any atom is -0.319 e. The Bertz CT molecular complexity index is 548. The van der Waals surface area contributed by atoms with Crippen LogP contribution in [0.1, 0.15) is 10.4 Å². The fourth-order valence-corrected chi connectivity index (χ4v) is 1.73. The van der Waals surface area contributed by atoms with Crippen molar-refractivity contribution in [1.82, 2.24) is 9.97 Å². The van der Waals surface area contributed by atoms with E-state index in [4.69, 9.17) is 23.2 Å². The Labute approximate surface area is 120 Å². The van der Waals surface area contributed by atoms with Gasteiger partial charge in [0.25, 0.3) is 5.91 Å². The lowest BCUT2D eigenvalue weighted by Crippen LogP contribution is -2.12. The Morgan fingerprint density at radius 3 is 2.44 bits per heavy atom. The maximum atomic E-state index is 11.9. The molecule has 0 spiro atoms. The van der Waals surface area contributed by atoms with Gasteiger partial charge in [-0.1, -0.05) is 23.2 Å². The summed E-state index contributed by atoms with van der Waals surface area (Å²) in [5.41, 5.74) is 0.850. The highest BCUT2D eigenvalue weighted by atomic mass is 35.5. The molecule has 1 aromatic carbocycles. The van der Waals surface area contributed by atoms with Crippen LogP contribution < -0.4 is 5.32 Å². The van der Waals surface area contributed by atoms with E-state index in [1.807, 2.05) is 0 Å². The van der Waals surface area contributed by atoms with Gasteiger partial charge in [-0.3, -0.25) is 4.79 Å². The van der Waals surface area contributed by atoms with Crippen molar-refractivity contribution in [3.8, 4) is 0 Å². The molecule has 4 nitrogen and oxygen atoms in total. The molecule has 7 heteroatoms. The zero-order chi connectivity index (χ0) is 12.3. The number of hydrogen-bond acceptors (Lipinski definition) is 3. The molecule has 2 aromatic rings. The molecular formula is C11H8Cl3N3O. The second-order valence-electron chi connectivity index (χ2n) is 3.21. The first-order valence-electron chi connectivity index (χ1n) is 4.68. The molecule has 2 rings (SSSR count). The van der Waals surface area contributed by atoms with Crippen LogP contribution in [0.2, 0.25) is 10.0 Å². The van der Waals surface area contributed by atoms with Crippen molar-refractivity contribution < 1.29 is 4.79 Å². The lowest BCUT2D eigenvalue weighted by Gasteiger charge is -2.05. The molecular weight excluding hydrogens is 296 g/mol. The highest BCUT2D eigenvalue weighted by Gasteiger charge is 2.10. The maximum absolute atomic E-state index is 11.9. The quantitative estimate of drug-likeness (QED) is 0.924. The minimum atomic E-state index is -0.332. The second-order valence-corrected chi connectivity index (χ2v) is 4.05. The van der Waals surface area contributed by atoms with E-state index in [-0.39, 0.29) is 18.3 Å². The van der Waals surface area contributed by atoms with E-state index in [1.165, 1.54) is 24.8 Å². The number of hydrogen-bond donors (Lipinski definition) is 1. The van der Waals surface area contributed by atoms with Gasteiger partial charge in [-0.05, 0) is 18.2 Å². The smallest absolute Gasteiger partial charge is 0.257 e. The normalized spacial score (nSPS) is 9.44. The van der Waals surface area contributed by atoms with Crippen molar-refractivity contribution in [1.29, 1.82) is 0 Å². The van der Waals surface area contributed by atoms with Crippen LogP contribution >= 0.6 is 35.6 Å². The molecule has 0 aliphatic carbocycles. The van der Waals surface area contributed by atoms with Gasteiger partial charge in [0.05, 0.1) is 28.7 Å². The maximum Gasteiger partial charge on any atom is 0.257 e. The monoisotopic (exact) mass is 303 g/mol. The van der Waals surface area contributed by atoms with Crippen LogP contribution in [0.5, 0.6) is 0 Å². The molecule has 0 saturated heterocycles. The average Bonchev–Trinajstić information content (AvgIpc) is 2.30. The molecule has 0 aliphatic heterocycles. The van der Waals surface area contributed by atoms with Crippen molar-refractivity contribution in [3.63, 3.8) is 0 Å². The molecule has 1 aromatic heterocycles. The van der Waals surface area contributed by atoms with Crippen LogP contribution in [0.3, 0.4) is 0 Å². The van der Waals surface area contributed by atoms with Gasteiger partial charge in [-0.15, -0.1) is 12.4 Å². The fourth-order valence-electron chi connectivity index (χ4n) is 1.24. The number of nitrogens with zero attached hydrogens (tertiary/aromatic N) is 2. The third-order valence-corrected chi connectivity index (χ3v) is 2.54. The van der Waals surface area contributed by atoms with Crippen molar-refractivity contribution in [2.75, 3.05) is 5.32 Å². The summed E-state index contributed by atoms with van der Waals surface area (Å²) in [4.78, 5) is 19.4. The van der Waals surface area contributed by atoms with Crippen molar-refractivity contribution >= 4 is 47.2 Å². The Morgan fingerprint density at radius 2 is 1.83 bits per heavy atom. The largest absolute Gasteiger partial charge is 0.319 e. The number of rotatable bonds is 2.